The Labute approximate surface area is 139 Å². The predicted molar refractivity (Wildman–Crippen MR) is 88.5 cm³/mol. The van der Waals surface area contributed by atoms with Gasteiger partial charge in [-0.3, -0.25) is 4.72 Å². The van der Waals surface area contributed by atoms with Crippen molar-refractivity contribution in [2.45, 2.75) is 18.7 Å². The normalized spacial score (nSPS) is 11.5. The fourth-order valence-electron chi connectivity index (χ4n) is 1.86. The third-order valence-corrected chi connectivity index (χ3v) is 6.16. The molecule has 0 fully saturated rings. The minimum atomic E-state index is -3.83. The first-order valence-corrected chi connectivity index (χ1v) is 9.02. The highest BCUT2D eigenvalue weighted by Gasteiger charge is 2.17. The number of nitrogens with one attached hydrogen (secondary N) is 1. The van der Waals surface area contributed by atoms with Crippen LogP contribution in [0.2, 0.25) is 0 Å². The van der Waals surface area contributed by atoms with Crippen molar-refractivity contribution in [1.29, 1.82) is 0 Å². The van der Waals surface area contributed by atoms with Crippen molar-refractivity contribution in [3.05, 3.63) is 56.2 Å². The van der Waals surface area contributed by atoms with E-state index in [-0.39, 0.29) is 9.37 Å². The van der Waals surface area contributed by atoms with Gasteiger partial charge in [-0.25, -0.2) is 12.8 Å². The average Bonchev–Trinajstić information content (AvgIpc) is 2.38. The highest BCUT2D eigenvalue weighted by atomic mass is 79.9. The minimum absolute atomic E-state index is 0.124. The molecule has 0 amide bonds. The number of sulfonamides is 1. The van der Waals surface area contributed by atoms with E-state index in [1.807, 2.05) is 13.8 Å². The number of aryl methyl sites for hydroxylation is 2. The zero-order valence-electron chi connectivity index (χ0n) is 11.2. The molecule has 0 atom stereocenters. The van der Waals surface area contributed by atoms with Crippen LogP contribution in [0.15, 0.2) is 44.2 Å². The minimum Gasteiger partial charge on any atom is -0.280 e. The Hall–Kier alpha value is -0.920. The molecule has 2 aromatic carbocycles. The molecule has 21 heavy (non-hydrogen) atoms. The zero-order valence-corrected chi connectivity index (χ0v) is 15.2. The molecule has 0 heterocycles. The summed E-state index contributed by atoms with van der Waals surface area (Å²) in [4.78, 5) is -0.124. The topological polar surface area (TPSA) is 46.2 Å². The fourth-order valence-corrected chi connectivity index (χ4v) is 3.39. The van der Waals surface area contributed by atoms with Crippen molar-refractivity contribution in [3.63, 3.8) is 0 Å². The molecule has 2 aromatic rings. The summed E-state index contributed by atoms with van der Waals surface area (Å²) in [7, 11) is -3.83. The first-order chi connectivity index (χ1) is 9.70. The highest BCUT2D eigenvalue weighted by molar-refractivity contribution is 9.10. The summed E-state index contributed by atoms with van der Waals surface area (Å²) in [5.41, 5.74) is 2.26. The van der Waals surface area contributed by atoms with E-state index in [9.17, 15) is 12.8 Å². The van der Waals surface area contributed by atoms with Gasteiger partial charge in [0, 0.05) is 10.2 Å². The van der Waals surface area contributed by atoms with Crippen LogP contribution in [0.4, 0.5) is 10.1 Å². The van der Waals surface area contributed by atoms with E-state index in [1.165, 1.54) is 12.1 Å². The van der Waals surface area contributed by atoms with E-state index in [0.29, 0.717) is 5.69 Å². The molecule has 0 bridgehead atoms. The maximum atomic E-state index is 13.5. The molecule has 1 N–H and O–H groups in total. The highest BCUT2D eigenvalue weighted by Crippen LogP contribution is 2.27. The molecule has 0 saturated heterocycles. The van der Waals surface area contributed by atoms with E-state index in [2.05, 4.69) is 36.6 Å². The van der Waals surface area contributed by atoms with Gasteiger partial charge in [-0.15, -0.1) is 0 Å². The lowest BCUT2D eigenvalue weighted by Crippen LogP contribution is -2.13. The van der Waals surface area contributed by atoms with Crippen LogP contribution in [0.25, 0.3) is 0 Å². The van der Waals surface area contributed by atoms with Crippen molar-refractivity contribution in [1.82, 2.24) is 0 Å². The first-order valence-electron chi connectivity index (χ1n) is 5.95. The average molecular weight is 437 g/mol. The Balaban J connectivity index is 2.39. The molecule has 0 spiro atoms. The smallest absolute Gasteiger partial charge is 0.261 e. The lowest BCUT2D eigenvalue weighted by molar-refractivity contribution is 0.593. The molecule has 7 heteroatoms. The van der Waals surface area contributed by atoms with Gasteiger partial charge >= 0.3 is 0 Å². The van der Waals surface area contributed by atoms with Crippen molar-refractivity contribution in [3.8, 4) is 0 Å². The van der Waals surface area contributed by atoms with Crippen LogP contribution in [0.3, 0.4) is 0 Å². The Morgan fingerprint density at radius 2 is 1.62 bits per heavy atom. The molecule has 3 nitrogen and oxygen atoms in total. The van der Waals surface area contributed by atoms with Crippen LogP contribution in [0.1, 0.15) is 11.1 Å². The third kappa shape index (κ3) is 3.64. The molecule has 112 valence electrons. The fraction of sp³-hybridized carbons (Fsp3) is 0.143. The summed E-state index contributed by atoms with van der Waals surface area (Å²) in [6, 6.07) is 7.11. The van der Waals surface area contributed by atoms with Gasteiger partial charge in [-0.2, -0.15) is 0 Å². The van der Waals surface area contributed by atoms with E-state index in [0.717, 1.165) is 21.7 Å². The zero-order chi connectivity index (χ0) is 15.8. The van der Waals surface area contributed by atoms with Gasteiger partial charge in [-0.05, 0) is 71.2 Å². The Kier molecular flexibility index (Phi) is 4.75. The van der Waals surface area contributed by atoms with E-state index in [1.54, 1.807) is 12.1 Å². The van der Waals surface area contributed by atoms with Crippen molar-refractivity contribution < 1.29 is 12.8 Å². The Morgan fingerprint density at radius 1 is 1.05 bits per heavy atom. The first kappa shape index (κ1) is 16.5. The number of benzene rings is 2. The van der Waals surface area contributed by atoms with Gasteiger partial charge in [0.1, 0.15) is 5.82 Å². The van der Waals surface area contributed by atoms with Gasteiger partial charge in [-0.1, -0.05) is 15.9 Å². The molecule has 0 unspecified atom stereocenters. The maximum Gasteiger partial charge on any atom is 0.261 e. The molecule has 0 aliphatic rings. The van der Waals surface area contributed by atoms with Crippen LogP contribution in [0.5, 0.6) is 0 Å². The number of hydrogen-bond donors (Lipinski definition) is 1. The lowest BCUT2D eigenvalue weighted by Gasteiger charge is -2.11. The van der Waals surface area contributed by atoms with Gasteiger partial charge in [0.2, 0.25) is 0 Å². The van der Waals surface area contributed by atoms with E-state index in [4.69, 9.17) is 0 Å². The van der Waals surface area contributed by atoms with Crippen LogP contribution < -0.4 is 4.72 Å². The van der Waals surface area contributed by atoms with Crippen molar-refractivity contribution in [2.75, 3.05) is 4.72 Å². The van der Waals surface area contributed by atoms with Gasteiger partial charge in [0.25, 0.3) is 10.0 Å². The van der Waals surface area contributed by atoms with Crippen LogP contribution in [-0.4, -0.2) is 8.42 Å². The summed E-state index contributed by atoms with van der Waals surface area (Å²) < 4.78 is 41.6. The number of rotatable bonds is 3. The third-order valence-electron chi connectivity index (χ3n) is 2.89. The number of anilines is 1. The van der Waals surface area contributed by atoms with Crippen molar-refractivity contribution in [2.24, 2.45) is 0 Å². The standard InChI is InChI=1S/C14H12Br2FNO2S/c1-8-5-10(6-9(2)14(8)16)18-21(19,20)11-3-4-12(15)13(17)7-11/h3-7,18H,1-2H3. The van der Waals surface area contributed by atoms with Gasteiger partial charge in [0.05, 0.1) is 9.37 Å². The largest absolute Gasteiger partial charge is 0.280 e. The van der Waals surface area contributed by atoms with E-state index < -0.39 is 15.8 Å². The SMILES string of the molecule is Cc1cc(NS(=O)(=O)c2ccc(Br)c(F)c2)cc(C)c1Br. The summed E-state index contributed by atoms with van der Waals surface area (Å²) in [5.74, 6) is -0.624. The second-order valence-electron chi connectivity index (χ2n) is 4.61. The summed E-state index contributed by atoms with van der Waals surface area (Å²) in [6.45, 7) is 3.74. The molecule has 0 saturated carbocycles. The quantitative estimate of drug-likeness (QED) is 0.753. The molecule has 0 aliphatic carbocycles. The van der Waals surface area contributed by atoms with Crippen molar-refractivity contribution >= 4 is 47.6 Å². The van der Waals surface area contributed by atoms with E-state index >= 15 is 0 Å². The van der Waals surface area contributed by atoms with Crippen LogP contribution >= 0.6 is 31.9 Å². The summed E-state index contributed by atoms with van der Waals surface area (Å²) in [6.07, 6.45) is 0. The summed E-state index contributed by atoms with van der Waals surface area (Å²) >= 11 is 6.42. The second kappa shape index (κ2) is 6.06. The number of hydrogen-bond acceptors (Lipinski definition) is 2. The maximum absolute atomic E-state index is 13.5. The molecular weight excluding hydrogens is 425 g/mol. The van der Waals surface area contributed by atoms with Gasteiger partial charge in [0.15, 0.2) is 0 Å². The monoisotopic (exact) mass is 435 g/mol. The molecular formula is C14H12Br2FNO2S. The van der Waals surface area contributed by atoms with Crippen LogP contribution in [0, 0.1) is 19.7 Å². The second-order valence-corrected chi connectivity index (χ2v) is 7.94. The molecule has 0 radical (unpaired) electrons. The number of halogens is 3. The van der Waals surface area contributed by atoms with Gasteiger partial charge < -0.3 is 0 Å². The molecule has 2 rings (SSSR count). The summed E-state index contributed by atoms with van der Waals surface area (Å²) in [5, 5.41) is 0. The molecule has 0 aromatic heterocycles. The predicted octanol–water partition coefficient (Wildman–Crippen LogP) is 4.77. The molecule has 0 aliphatic heterocycles. The lowest BCUT2D eigenvalue weighted by atomic mass is 10.1. The van der Waals surface area contributed by atoms with Crippen LogP contribution in [-0.2, 0) is 10.0 Å². The Bertz CT molecular complexity index is 784. The Morgan fingerprint density at radius 3 is 2.14 bits per heavy atom.